The van der Waals surface area contributed by atoms with Crippen LogP contribution in [0.5, 0.6) is 0 Å². The standard InChI is InChI=1S/C10H11BrINO/c1-6(2)13-10(14)7-3-8(11)5-9(12)4-7/h3-6H,1-2H3,(H,13,14). The van der Waals surface area contributed by atoms with Crippen LogP contribution >= 0.6 is 38.5 Å². The number of carbonyl (C=O) groups is 1. The summed E-state index contributed by atoms with van der Waals surface area (Å²) in [5.74, 6) is -0.0285. The zero-order chi connectivity index (χ0) is 10.7. The average Bonchev–Trinajstić information content (AvgIpc) is 2.00. The van der Waals surface area contributed by atoms with Crippen LogP contribution in [0.4, 0.5) is 0 Å². The Morgan fingerprint density at radius 3 is 2.57 bits per heavy atom. The quantitative estimate of drug-likeness (QED) is 0.799. The fourth-order valence-corrected chi connectivity index (χ4v) is 2.62. The molecule has 0 aromatic heterocycles. The Bertz CT molecular complexity index is 332. The van der Waals surface area contributed by atoms with Crippen molar-refractivity contribution >= 4 is 44.4 Å². The second-order valence-corrected chi connectivity index (χ2v) is 5.45. The van der Waals surface area contributed by atoms with Gasteiger partial charge in [0.1, 0.15) is 0 Å². The van der Waals surface area contributed by atoms with Gasteiger partial charge in [-0.3, -0.25) is 4.79 Å². The summed E-state index contributed by atoms with van der Waals surface area (Å²) < 4.78 is 1.98. The highest BCUT2D eigenvalue weighted by Crippen LogP contribution is 2.17. The molecular weight excluding hydrogens is 357 g/mol. The van der Waals surface area contributed by atoms with Gasteiger partial charge in [-0.15, -0.1) is 0 Å². The van der Waals surface area contributed by atoms with Crippen LogP contribution in [0.1, 0.15) is 24.2 Å². The maximum absolute atomic E-state index is 11.6. The van der Waals surface area contributed by atoms with Gasteiger partial charge in [0, 0.05) is 19.6 Å². The monoisotopic (exact) mass is 367 g/mol. The third-order valence-corrected chi connectivity index (χ3v) is 2.63. The Morgan fingerprint density at radius 1 is 1.43 bits per heavy atom. The maximum Gasteiger partial charge on any atom is 0.251 e. The van der Waals surface area contributed by atoms with Crippen molar-refractivity contribution in [1.29, 1.82) is 0 Å². The molecule has 1 rings (SSSR count). The van der Waals surface area contributed by atoms with Crippen LogP contribution in [0.2, 0.25) is 0 Å². The molecule has 0 fully saturated rings. The minimum absolute atomic E-state index is 0.0285. The van der Waals surface area contributed by atoms with E-state index in [1.807, 2.05) is 32.0 Å². The van der Waals surface area contributed by atoms with Crippen LogP contribution in [0.3, 0.4) is 0 Å². The lowest BCUT2D eigenvalue weighted by Gasteiger charge is -2.08. The van der Waals surface area contributed by atoms with Gasteiger partial charge in [-0.1, -0.05) is 15.9 Å². The Balaban J connectivity index is 2.90. The molecule has 1 aromatic carbocycles. The summed E-state index contributed by atoms with van der Waals surface area (Å²) in [7, 11) is 0. The molecule has 0 saturated carbocycles. The highest BCUT2D eigenvalue weighted by Gasteiger charge is 2.07. The highest BCUT2D eigenvalue weighted by molar-refractivity contribution is 14.1. The summed E-state index contributed by atoms with van der Waals surface area (Å²) in [6.45, 7) is 3.89. The third kappa shape index (κ3) is 3.57. The van der Waals surface area contributed by atoms with E-state index < -0.39 is 0 Å². The molecule has 0 atom stereocenters. The lowest BCUT2D eigenvalue weighted by molar-refractivity contribution is 0.0943. The van der Waals surface area contributed by atoms with Crippen LogP contribution in [0.25, 0.3) is 0 Å². The van der Waals surface area contributed by atoms with Gasteiger partial charge in [0.25, 0.3) is 5.91 Å². The van der Waals surface area contributed by atoms with E-state index in [-0.39, 0.29) is 11.9 Å². The van der Waals surface area contributed by atoms with Crippen LogP contribution in [0, 0.1) is 3.57 Å². The van der Waals surface area contributed by atoms with E-state index in [2.05, 4.69) is 43.8 Å². The normalized spacial score (nSPS) is 10.4. The number of halogens is 2. The summed E-state index contributed by atoms with van der Waals surface area (Å²) in [6.07, 6.45) is 0. The second-order valence-electron chi connectivity index (χ2n) is 3.29. The fourth-order valence-electron chi connectivity index (χ4n) is 1.03. The first kappa shape index (κ1) is 12.0. The molecular formula is C10H11BrINO. The van der Waals surface area contributed by atoms with E-state index in [1.165, 1.54) is 0 Å². The Kier molecular flexibility index (Phi) is 4.37. The zero-order valence-corrected chi connectivity index (χ0v) is 11.7. The number of carbonyl (C=O) groups excluding carboxylic acids is 1. The Labute approximate surface area is 106 Å². The first-order valence-electron chi connectivity index (χ1n) is 4.26. The van der Waals surface area contributed by atoms with Crippen LogP contribution < -0.4 is 5.32 Å². The largest absolute Gasteiger partial charge is 0.350 e. The van der Waals surface area contributed by atoms with Crippen molar-refractivity contribution < 1.29 is 4.79 Å². The van der Waals surface area contributed by atoms with E-state index in [9.17, 15) is 4.79 Å². The van der Waals surface area contributed by atoms with Gasteiger partial charge in [0.15, 0.2) is 0 Å². The molecule has 0 aliphatic carbocycles. The number of hydrogen-bond acceptors (Lipinski definition) is 1. The molecule has 1 amide bonds. The lowest BCUT2D eigenvalue weighted by Crippen LogP contribution is -2.30. The summed E-state index contributed by atoms with van der Waals surface area (Å²) in [4.78, 5) is 11.6. The van der Waals surface area contributed by atoms with Crippen molar-refractivity contribution in [3.8, 4) is 0 Å². The predicted octanol–water partition coefficient (Wildman–Crippen LogP) is 3.19. The van der Waals surface area contributed by atoms with Gasteiger partial charge < -0.3 is 5.32 Å². The molecule has 0 spiro atoms. The van der Waals surface area contributed by atoms with E-state index in [4.69, 9.17) is 0 Å². The third-order valence-electron chi connectivity index (χ3n) is 1.54. The first-order chi connectivity index (χ1) is 6.49. The lowest BCUT2D eigenvalue weighted by atomic mass is 10.2. The number of amides is 1. The average molecular weight is 368 g/mol. The van der Waals surface area contributed by atoms with Gasteiger partial charge >= 0.3 is 0 Å². The van der Waals surface area contributed by atoms with Crippen LogP contribution in [-0.4, -0.2) is 11.9 Å². The number of rotatable bonds is 2. The van der Waals surface area contributed by atoms with Gasteiger partial charge in [-0.05, 0) is 54.6 Å². The summed E-state index contributed by atoms with van der Waals surface area (Å²) >= 11 is 5.55. The molecule has 4 heteroatoms. The maximum atomic E-state index is 11.6. The van der Waals surface area contributed by atoms with E-state index in [1.54, 1.807) is 0 Å². The molecule has 0 aliphatic heterocycles. The Morgan fingerprint density at radius 2 is 2.07 bits per heavy atom. The van der Waals surface area contributed by atoms with E-state index in [0.29, 0.717) is 5.56 Å². The highest BCUT2D eigenvalue weighted by atomic mass is 127. The number of nitrogens with one attached hydrogen (secondary N) is 1. The molecule has 0 unspecified atom stereocenters. The van der Waals surface area contributed by atoms with Gasteiger partial charge in [-0.2, -0.15) is 0 Å². The molecule has 0 saturated heterocycles. The van der Waals surface area contributed by atoms with Crippen molar-refractivity contribution in [3.05, 3.63) is 31.8 Å². The molecule has 0 radical (unpaired) electrons. The molecule has 0 bridgehead atoms. The topological polar surface area (TPSA) is 29.1 Å². The molecule has 1 N–H and O–H groups in total. The van der Waals surface area contributed by atoms with Gasteiger partial charge in [0.05, 0.1) is 0 Å². The van der Waals surface area contributed by atoms with Gasteiger partial charge in [-0.25, -0.2) is 0 Å². The number of benzene rings is 1. The molecule has 14 heavy (non-hydrogen) atoms. The van der Waals surface area contributed by atoms with E-state index >= 15 is 0 Å². The zero-order valence-electron chi connectivity index (χ0n) is 7.97. The van der Waals surface area contributed by atoms with Gasteiger partial charge in [0.2, 0.25) is 0 Å². The van der Waals surface area contributed by atoms with Crippen LogP contribution in [-0.2, 0) is 0 Å². The predicted molar refractivity (Wildman–Crippen MR) is 69.5 cm³/mol. The van der Waals surface area contributed by atoms with E-state index in [0.717, 1.165) is 8.04 Å². The van der Waals surface area contributed by atoms with Crippen molar-refractivity contribution in [2.45, 2.75) is 19.9 Å². The van der Waals surface area contributed by atoms with Crippen molar-refractivity contribution in [2.75, 3.05) is 0 Å². The van der Waals surface area contributed by atoms with Crippen molar-refractivity contribution in [3.63, 3.8) is 0 Å². The summed E-state index contributed by atoms with van der Waals surface area (Å²) in [5.41, 5.74) is 0.692. The fraction of sp³-hybridized carbons (Fsp3) is 0.300. The minimum atomic E-state index is -0.0285. The summed E-state index contributed by atoms with van der Waals surface area (Å²) in [6, 6.07) is 5.81. The SMILES string of the molecule is CC(C)NC(=O)c1cc(Br)cc(I)c1. The molecule has 1 aromatic rings. The van der Waals surface area contributed by atoms with Crippen molar-refractivity contribution in [1.82, 2.24) is 5.32 Å². The number of hydrogen-bond donors (Lipinski definition) is 1. The molecule has 2 nitrogen and oxygen atoms in total. The van der Waals surface area contributed by atoms with Crippen LogP contribution in [0.15, 0.2) is 22.7 Å². The first-order valence-corrected chi connectivity index (χ1v) is 6.13. The molecule has 0 heterocycles. The smallest absolute Gasteiger partial charge is 0.251 e. The minimum Gasteiger partial charge on any atom is -0.350 e. The van der Waals surface area contributed by atoms with Crippen molar-refractivity contribution in [2.24, 2.45) is 0 Å². The Hall–Kier alpha value is -0.100. The molecule has 0 aliphatic rings. The summed E-state index contributed by atoms with van der Waals surface area (Å²) in [5, 5.41) is 2.85. The second kappa shape index (κ2) is 5.11. The molecule has 76 valence electrons.